The van der Waals surface area contributed by atoms with Gasteiger partial charge >= 0.3 is 0 Å². The summed E-state index contributed by atoms with van der Waals surface area (Å²) in [7, 11) is -3.10. The molecule has 0 aliphatic carbocycles. The van der Waals surface area contributed by atoms with E-state index in [9.17, 15) is 0 Å². The average molecular weight is 569 g/mol. The largest absolute Gasteiger partial charge is 0.309 e. The highest BCUT2D eigenvalue weighted by atomic mass is 31.2. The van der Waals surface area contributed by atoms with Gasteiger partial charge in [-0.1, -0.05) is 121 Å². The zero-order chi connectivity index (χ0) is 28.5. The van der Waals surface area contributed by atoms with Gasteiger partial charge in [-0.3, -0.25) is 4.40 Å². The maximum atomic E-state index is 15.1. The number of rotatable bonds is 3. The zero-order valence-electron chi connectivity index (χ0n) is 23.2. The molecule has 202 valence electrons. The summed E-state index contributed by atoms with van der Waals surface area (Å²) < 4.78 is 17.4. The van der Waals surface area contributed by atoms with Crippen LogP contribution in [0.1, 0.15) is 0 Å². The smallest absolute Gasteiger partial charge is 0.171 e. The van der Waals surface area contributed by atoms with Crippen LogP contribution < -0.4 is 15.9 Å². The van der Waals surface area contributed by atoms with Crippen LogP contribution >= 0.6 is 7.14 Å². The van der Waals surface area contributed by atoms with Gasteiger partial charge in [0.05, 0.1) is 16.6 Å². The Kier molecular flexibility index (Phi) is 5.17. The molecule has 2 heterocycles. The summed E-state index contributed by atoms with van der Waals surface area (Å²) in [6.07, 6.45) is 0. The highest BCUT2D eigenvalue weighted by molar-refractivity contribution is 7.85. The molecule has 0 atom stereocenters. The molecule has 9 aromatic rings. The molecule has 0 saturated carbocycles. The maximum absolute atomic E-state index is 15.1. The molecule has 43 heavy (non-hydrogen) atoms. The van der Waals surface area contributed by atoms with Gasteiger partial charge in [-0.25, -0.2) is 4.98 Å². The van der Waals surface area contributed by atoms with Gasteiger partial charge in [0.1, 0.15) is 5.65 Å². The van der Waals surface area contributed by atoms with Crippen LogP contribution in [0.5, 0.6) is 0 Å². The van der Waals surface area contributed by atoms with Crippen molar-refractivity contribution in [2.24, 2.45) is 0 Å². The molecule has 0 fully saturated rings. The third-order valence-corrected chi connectivity index (χ3v) is 11.8. The lowest BCUT2D eigenvalue weighted by atomic mass is 9.98. The molecule has 0 radical (unpaired) electrons. The summed E-state index contributed by atoms with van der Waals surface area (Å²) in [5.41, 5.74) is 4.14. The fourth-order valence-electron chi connectivity index (χ4n) is 6.77. The van der Waals surface area contributed by atoms with Gasteiger partial charge in [0, 0.05) is 26.7 Å². The Balaban J connectivity index is 1.41. The fourth-order valence-corrected chi connectivity index (χ4v) is 9.45. The molecule has 0 spiro atoms. The SMILES string of the molecule is O=P(c1ccccc1)(c1ccccc1)c1ccc2c(ccc3c4cc5ccccc5cc4n4c5ccccc5nc4c23)c1. The highest BCUT2D eigenvalue weighted by Crippen LogP contribution is 2.44. The van der Waals surface area contributed by atoms with Gasteiger partial charge in [0.2, 0.25) is 0 Å². The number of nitrogens with zero attached hydrogens (tertiary/aromatic N) is 2. The van der Waals surface area contributed by atoms with E-state index in [4.69, 9.17) is 4.98 Å². The first-order valence-electron chi connectivity index (χ1n) is 14.5. The molecule has 0 aliphatic rings. The molecule has 0 unspecified atom stereocenters. The second-order valence-corrected chi connectivity index (χ2v) is 13.9. The number of pyridine rings is 1. The number of hydrogen-bond acceptors (Lipinski definition) is 2. The Morgan fingerprint density at radius 1 is 0.465 bits per heavy atom. The topological polar surface area (TPSA) is 34.4 Å². The molecular formula is C39H25N2OP. The highest BCUT2D eigenvalue weighted by Gasteiger charge is 2.30. The van der Waals surface area contributed by atoms with Crippen LogP contribution in [0.3, 0.4) is 0 Å². The normalized spacial score (nSPS) is 12.3. The molecule has 9 rings (SSSR count). The monoisotopic (exact) mass is 568 g/mol. The van der Waals surface area contributed by atoms with Gasteiger partial charge in [0.15, 0.2) is 7.14 Å². The minimum Gasteiger partial charge on any atom is -0.309 e. The molecule has 0 amide bonds. The van der Waals surface area contributed by atoms with Crippen molar-refractivity contribution in [1.82, 2.24) is 9.38 Å². The number of benzene rings is 7. The molecular weight excluding hydrogens is 543 g/mol. The number of aromatic nitrogens is 2. The van der Waals surface area contributed by atoms with Crippen LogP contribution in [0.2, 0.25) is 0 Å². The van der Waals surface area contributed by atoms with Gasteiger partial charge in [-0.05, 0) is 57.3 Å². The molecule has 0 bridgehead atoms. The van der Waals surface area contributed by atoms with Crippen LogP contribution in [-0.2, 0) is 4.57 Å². The van der Waals surface area contributed by atoms with Crippen molar-refractivity contribution in [3.63, 3.8) is 0 Å². The Labute approximate surface area is 248 Å². The number of hydrogen-bond donors (Lipinski definition) is 0. The molecule has 7 aromatic carbocycles. The lowest BCUT2D eigenvalue weighted by Crippen LogP contribution is -2.24. The quantitative estimate of drug-likeness (QED) is 0.121. The number of para-hydroxylation sites is 2. The van der Waals surface area contributed by atoms with E-state index in [-0.39, 0.29) is 0 Å². The fraction of sp³-hybridized carbons (Fsp3) is 0. The summed E-state index contributed by atoms with van der Waals surface area (Å²) in [4.78, 5) is 5.20. The Morgan fingerprint density at radius 2 is 1.09 bits per heavy atom. The zero-order valence-corrected chi connectivity index (χ0v) is 24.1. The van der Waals surface area contributed by atoms with Crippen LogP contribution in [0.25, 0.3) is 59.9 Å². The second kappa shape index (κ2) is 9.13. The summed E-state index contributed by atoms with van der Waals surface area (Å²) in [5, 5.41) is 10.5. The van der Waals surface area contributed by atoms with E-state index in [2.05, 4.69) is 89.3 Å². The molecule has 2 aromatic heterocycles. The van der Waals surface area contributed by atoms with Crippen molar-refractivity contribution in [2.75, 3.05) is 0 Å². The van der Waals surface area contributed by atoms with Crippen molar-refractivity contribution >= 4 is 83.0 Å². The predicted molar refractivity (Wildman–Crippen MR) is 182 cm³/mol. The first-order valence-corrected chi connectivity index (χ1v) is 16.2. The third-order valence-electron chi connectivity index (χ3n) is 8.79. The lowest BCUT2D eigenvalue weighted by Gasteiger charge is -2.21. The number of fused-ring (bicyclic) bond motifs is 11. The predicted octanol–water partition coefficient (Wildman–Crippen LogP) is 8.74. The van der Waals surface area contributed by atoms with Gasteiger partial charge in [-0.2, -0.15) is 0 Å². The van der Waals surface area contributed by atoms with E-state index in [0.717, 1.165) is 59.7 Å². The molecule has 0 N–H and O–H groups in total. The third kappa shape index (κ3) is 3.49. The van der Waals surface area contributed by atoms with E-state index < -0.39 is 7.14 Å². The standard InChI is InChI=1S/C39H25N2OP/c42-43(29-13-3-1-4-14-29,30-15-5-2-6-16-30)31-20-22-32-28(23-31)19-21-33-34-24-26-11-7-8-12-27(26)25-37(34)41-36-18-10-9-17-35(36)40-39(41)38(32)33/h1-25H. The summed E-state index contributed by atoms with van der Waals surface area (Å²) >= 11 is 0. The van der Waals surface area contributed by atoms with Crippen molar-refractivity contribution in [3.8, 4) is 0 Å². The van der Waals surface area contributed by atoms with Crippen molar-refractivity contribution < 1.29 is 4.57 Å². The minimum absolute atomic E-state index is 0.827. The van der Waals surface area contributed by atoms with E-state index in [0.29, 0.717) is 0 Å². The van der Waals surface area contributed by atoms with Crippen LogP contribution in [0.15, 0.2) is 152 Å². The minimum atomic E-state index is -3.10. The summed E-state index contributed by atoms with van der Waals surface area (Å²) in [5.74, 6) is 0. The first kappa shape index (κ1) is 24.4. The van der Waals surface area contributed by atoms with Gasteiger partial charge < -0.3 is 4.57 Å². The molecule has 4 heteroatoms. The first-order chi connectivity index (χ1) is 21.2. The number of imidazole rings is 1. The molecule has 0 saturated heterocycles. The molecule has 0 aliphatic heterocycles. The average Bonchev–Trinajstić information content (AvgIpc) is 3.47. The Hall–Kier alpha value is -5.24. The van der Waals surface area contributed by atoms with Crippen molar-refractivity contribution in [1.29, 1.82) is 0 Å². The van der Waals surface area contributed by atoms with E-state index >= 15 is 4.57 Å². The van der Waals surface area contributed by atoms with E-state index in [1.165, 1.54) is 16.2 Å². The van der Waals surface area contributed by atoms with Crippen molar-refractivity contribution in [3.05, 3.63) is 152 Å². The van der Waals surface area contributed by atoms with Crippen LogP contribution in [0.4, 0.5) is 0 Å². The van der Waals surface area contributed by atoms with Crippen LogP contribution in [-0.4, -0.2) is 9.38 Å². The van der Waals surface area contributed by atoms with Gasteiger partial charge in [-0.15, -0.1) is 0 Å². The van der Waals surface area contributed by atoms with Crippen molar-refractivity contribution in [2.45, 2.75) is 0 Å². The Bertz CT molecular complexity index is 2540. The summed E-state index contributed by atoms with van der Waals surface area (Å²) in [6.45, 7) is 0. The molecule has 3 nitrogen and oxygen atoms in total. The van der Waals surface area contributed by atoms with E-state index in [1.54, 1.807) is 0 Å². The maximum Gasteiger partial charge on any atom is 0.171 e. The Morgan fingerprint density at radius 3 is 1.84 bits per heavy atom. The second-order valence-electron chi connectivity index (χ2n) is 11.1. The van der Waals surface area contributed by atoms with Gasteiger partial charge in [0.25, 0.3) is 0 Å². The lowest BCUT2D eigenvalue weighted by molar-refractivity contribution is 0.592. The van der Waals surface area contributed by atoms with E-state index in [1.807, 2.05) is 66.7 Å². The summed E-state index contributed by atoms with van der Waals surface area (Å²) in [6, 6.07) is 51.9. The van der Waals surface area contributed by atoms with Crippen LogP contribution in [0, 0.1) is 0 Å².